The molecule has 0 atom stereocenters. The molecule has 0 aliphatic heterocycles. The van der Waals surface area contributed by atoms with E-state index in [1.165, 1.54) is 11.8 Å². The molecule has 5 nitrogen and oxygen atoms in total. The monoisotopic (exact) mass is 363 g/mol. The Hall–Kier alpha value is -2.99. The van der Waals surface area contributed by atoms with Crippen molar-refractivity contribution in [2.75, 3.05) is 14.2 Å². The molecule has 0 radical (unpaired) electrons. The minimum Gasteiger partial charge on any atom is -0.496 e. The zero-order chi connectivity index (χ0) is 17.9. The van der Waals surface area contributed by atoms with Gasteiger partial charge in [0.05, 0.1) is 19.1 Å². The average Bonchev–Trinajstić information content (AvgIpc) is 3.07. The van der Waals surface area contributed by atoms with E-state index in [-0.39, 0.29) is 0 Å². The molecule has 0 unspecified atom stereocenters. The lowest BCUT2D eigenvalue weighted by Gasteiger charge is -2.07. The Kier molecular flexibility index (Phi) is 4.50. The Balaban J connectivity index is 1.77. The molecule has 0 saturated carbocycles. The molecule has 0 bridgehead atoms. The Labute approximate surface area is 155 Å². The molecule has 0 fully saturated rings. The van der Waals surface area contributed by atoms with Gasteiger partial charge in [-0.25, -0.2) is 4.98 Å². The first-order chi connectivity index (χ1) is 12.8. The van der Waals surface area contributed by atoms with Crippen molar-refractivity contribution in [1.29, 1.82) is 0 Å². The van der Waals surface area contributed by atoms with Crippen molar-refractivity contribution in [2.24, 2.45) is 0 Å². The van der Waals surface area contributed by atoms with Crippen LogP contribution < -0.4 is 9.47 Å². The highest BCUT2D eigenvalue weighted by molar-refractivity contribution is 7.99. The Morgan fingerprint density at radius 2 is 1.62 bits per heavy atom. The summed E-state index contributed by atoms with van der Waals surface area (Å²) < 4.78 is 12.8. The van der Waals surface area contributed by atoms with Gasteiger partial charge in [-0.2, -0.15) is 9.61 Å². The largest absolute Gasteiger partial charge is 0.496 e. The van der Waals surface area contributed by atoms with Gasteiger partial charge < -0.3 is 9.47 Å². The number of aromatic nitrogens is 3. The highest BCUT2D eigenvalue weighted by Crippen LogP contribution is 2.35. The first-order valence-electron chi connectivity index (χ1n) is 8.10. The van der Waals surface area contributed by atoms with E-state index in [4.69, 9.17) is 14.6 Å². The molecule has 26 heavy (non-hydrogen) atoms. The summed E-state index contributed by atoms with van der Waals surface area (Å²) in [4.78, 5) is 5.68. The zero-order valence-electron chi connectivity index (χ0n) is 14.4. The molecule has 0 saturated heterocycles. The lowest BCUT2D eigenvalue weighted by molar-refractivity contribution is 0.387. The number of benzene rings is 2. The van der Waals surface area contributed by atoms with Crippen LogP contribution in [0.5, 0.6) is 11.6 Å². The average molecular weight is 363 g/mol. The topological polar surface area (TPSA) is 48.7 Å². The Morgan fingerprint density at radius 1 is 0.846 bits per heavy atom. The zero-order valence-corrected chi connectivity index (χ0v) is 15.2. The van der Waals surface area contributed by atoms with Crippen molar-refractivity contribution in [2.45, 2.75) is 9.92 Å². The van der Waals surface area contributed by atoms with Gasteiger partial charge in [0.2, 0.25) is 5.88 Å². The van der Waals surface area contributed by atoms with E-state index in [1.807, 2.05) is 66.7 Å². The minimum absolute atomic E-state index is 0.619. The molecule has 0 aliphatic carbocycles. The van der Waals surface area contributed by atoms with E-state index < -0.39 is 0 Å². The third-order valence-electron chi connectivity index (χ3n) is 3.94. The number of hydrogen-bond acceptors (Lipinski definition) is 5. The van der Waals surface area contributed by atoms with Gasteiger partial charge in [-0.3, -0.25) is 0 Å². The summed E-state index contributed by atoms with van der Waals surface area (Å²) in [6.45, 7) is 0. The van der Waals surface area contributed by atoms with Crippen molar-refractivity contribution in [3.05, 3.63) is 66.7 Å². The van der Waals surface area contributed by atoms with Crippen LogP contribution in [0.4, 0.5) is 0 Å². The summed E-state index contributed by atoms with van der Waals surface area (Å²) in [5.74, 6) is 1.44. The molecule has 0 spiro atoms. The molecule has 2 aromatic carbocycles. The third kappa shape index (κ3) is 2.99. The number of ether oxygens (including phenoxy) is 2. The van der Waals surface area contributed by atoms with Gasteiger partial charge in [-0.1, -0.05) is 54.2 Å². The summed E-state index contributed by atoms with van der Waals surface area (Å²) in [5.41, 5.74) is 2.51. The van der Waals surface area contributed by atoms with Crippen LogP contribution >= 0.6 is 11.8 Å². The molecular weight excluding hydrogens is 346 g/mol. The Morgan fingerprint density at radius 3 is 2.38 bits per heavy atom. The number of methoxy groups -OCH3 is 2. The van der Waals surface area contributed by atoms with E-state index in [0.29, 0.717) is 5.88 Å². The summed E-state index contributed by atoms with van der Waals surface area (Å²) in [7, 11) is 3.30. The summed E-state index contributed by atoms with van der Waals surface area (Å²) in [6.07, 6.45) is 0. The van der Waals surface area contributed by atoms with Crippen LogP contribution in [0.3, 0.4) is 0 Å². The summed E-state index contributed by atoms with van der Waals surface area (Å²) in [5, 5.41) is 5.53. The first kappa shape index (κ1) is 16.5. The SMILES string of the molecule is COc1ccccc1Sc1ccc2nc(-c3ccccc3)c(OC)n2n1. The standard InChI is InChI=1S/C20H17N3O2S/c1-24-15-10-6-7-11-16(15)26-18-13-12-17-21-19(14-8-4-3-5-9-14)20(25-2)23(17)22-18/h3-13H,1-2H3. The highest BCUT2D eigenvalue weighted by Gasteiger charge is 2.16. The predicted molar refractivity (Wildman–Crippen MR) is 102 cm³/mol. The van der Waals surface area contributed by atoms with Crippen LogP contribution in [0.15, 0.2) is 76.7 Å². The second-order valence-corrected chi connectivity index (χ2v) is 6.59. The van der Waals surface area contributed by atoms with E-state index in [0.717, 1.165) is 32.6 Å². The van der Waals surface area contributed by atoms with E-state index in [2.05, 4.69) is 4.98 Å². The summed E-state index contributed by atoms with van der Waals surface area (Å²) in [6, 6.07) is 21.7. The molecule has 0 N–H and O–H groups in total. The van der Waals surface area contributed by atoms with Crippen molar-refractivity contribution in [1.82, 2.24) is 14.6 Å². The highest BCUT2D eigenvalue weighted by atomic mass is 32.2. The fourth-order valence-electron chi connectivity index (χ4n) is 2.73. The number of imidazole rings is 1. The van der Waals surface area contributed by atoms with E-state index in [9.17, 15) is 0 Å². The Bertz CT molecular complexity index is 1050. The normalized spacial score (nSPS) is 10.8. The lowest BCUT2D eigenvalue weighted by atomic mass is 10.2. The van der Waals surface area contributed by atoms with Crippen molar-refractivity contribution in [3.8, 4) is 22.9 Å². The first-order valence-corrected chi connectivity index (χ1v) is 8.92. The van der Waals surface area contributed by atoms with Crippen LogP contribution in [-0.4, -0.2) is 28.8 Å². The third-order valence-corrected chi connectivity index (χ3v) is 4.92. The van der Waals surface area contributed by atoms with E-state index in [1.54, 1.807) is 18.7 Å². The smallest absolute Gasteiger partial charge is 0.243 e. The maximum Gasteiger partial charge on any atom is 0.243 e. The van der Waals surface area contributed by atoms with E-state index >= 15 is 0 Å². The van der Waals surface area contributed by atoms with Gasteiger partial charge in [0.25, 0.3) is 0 Å². The molecule has 2 aromatic heterocycles. The van der Waals surface area contributed by atoms with Crippen LogP contribution in [0, 0.1) is 0 Å². The number of hydrogen-bond donors (Lipinski definition) is 0. The van der Waals surface area contributed by atoms with Gasteiger partial charge in [0.1, 0.15) is 16.5 Å². The molecule has 2 heterocycles. The van der Waals surface area contributed by atoms with Crippen LogP contribution in [0.2, 0.25) is 0 Å². The number of fused-ring (bicyclic) bond motifs is 1. The predicted octanol–water partition coefficient (Wildman–Crippen LogP) is 4.56. The van der Waals surface area contributed by atoms with Crippen LogP contribution in [0.1, 0.15) is 0 Å². The van der Waals surface area contributed by atoms with Gasteiger partial charge in [-0.05, 0) is 24.3 Å². The molecular formula is C20H17N3O2S. The molecule has 130 valence electrons. The second-order valence-electron chi connectivity index (χ2n) is 5.53. The molecule has 0 aliphatic rings. The molecule has 4 rings (SSSR count). The molecule has 4 aromatic rings. The van der Waals surface area contributed by atoms with Crippen LogP contribution in [-0.2, 0) is 0 Å². The maximum atomic E-state index is 5.61. The number of rotatable bonds is 5. The van der Waals surface area contributed by atoms with Crippen molar-refractivity contribution in [3.63, 3.8) is 0 Å². The molecule has 6 heteroatoms. The van der Waals surface area contributed by atoms with Crippen molar-refractivity contribution >= 4 is 17.4 Å². The van der Waals surface area contributed by atoms with Crippen LogP contribution in [0.25, 0.3) is 16.9 Å². The van der Waals surface area contributed by atoms with Gasteiger partial charge >= 0.3 is 0 Å². The number of para-hydroxylation sites is 1. The second kappa shape index (κ2) is 7.09. The summed E-state index contributed by atoms with van der Waals surface area (Å²) >= 11 is 1.54. The molecule has 0 amide bonds. The lowest BCUT2D eigenvalue weighted by Crippen LogP contribution is -1.97. The van der Waals surface area contributed by atoms with Gasteiger partial charge in [0.15, 0.2) is 5.65 Å². The quantitative estimate of drug-likeness (QED) is 0.520. The van der Waals surface area contributed by atoms with Gasteiger partial charge in [-0.15, -0.1) is 0 Å². The fraction of sp³-hybridized carbons (Fsp3) is 0.100. The minimum atomic E-state index is 0.619. The fourth-order valence-corrected chi connectivity index (χ4v) is 3.62. The van der Waals surface area contributed by atoms with Crippen molar-refractivity contribution < 1.29 is 9.47 Å². The number of nitrogens with zero attached hydrogens (tertiary/aromatic N) is 3. The van der Waals surface area contributed by atoms with Gasteiger partial charge in [0, 0.05) is 5.56 Å². The maximum absolute atomic E-state index is 5.61.